The Labute approximate surface area is 136 Å². The van der Waals surface area contributed by atoms with Crippen molar-refractivity contribution in [2.75, 3.05) is 0 Å². The van der Waals surface area contributed by atoms with E-state index in [-0.39, 0.29) is 11.8 Å². The predicted octanol–water partition coefficient (Wildman–Crippen LogP) is -0.549. The summed E-state index contributed by atoms with van der Waals surface area (Å²) in [5, 5.41) is 23.5. The molecule has 0 aliphatic carbocycles. The molecule has 0 aromatic carbocycles. The Morgan fingerprint density at radius 3 is 1.78 bits per heavy atom. The molecule has 23 heavy (non-hydrogen) atoms. The Kier molecular flexibility index (Phi) is 8.78. The number of rotatable bonds is 9. The molecule has 4 atom stereocenters. The van der Waals surface area contributed by atoms with E-state index in [0.717, 1.165) is 0 Å². The molecule has 0 aliphatic rings. The van der Waals surface area contributed by atoms with Gasteiger partial charge < -0.3 is 26.6 Å². The zero-order valence-corrected chi connectivity index (χ0v) is 14.4. The second-order valence-electron chi connectivity index (χ2n) is 6.53. The first-order valence-electron chi connectivity index (χ1n) is 7.74. The summed E-state index contributed by atoms with van der Waals surface area (Å²) in [5.74, 6) is -2.64. The molecule has 0 rings (SSSR count). The third kappa shape index (κ3) is 7.43. The topological polar surface area (TPSA) is 142 Å². The summed E-state index contributed by atoms with van der Waals surface area (Å²) >= 11 is 0. The van der Waals surface area contributed by atoms with Gasteiger partial charge in [-0.3, -0.25) is 9.59 Å². The van der Waals surface area contributed by atoms with E-state index in [1.165, 1.54) is 6.92 Å². The molecule has 0 aromatic heterocycles. The summed E-state index contributed by atoms with van der Waals surface area (Å²) in [7, 11) is 0. The SMILES string of the molecule is CC(C)C[C@@H](N)C(=O)N[C@@H](C(=O)N[C@@H](C(=O)O)C(C)C)[C@@H](C)O. The van der Waals surface area contributed by atoms with Crippen molar-refractivity contribution >= 4 is 17.8 Å². The van der Waals surface area contributed by atoms with Gasteiger partial charge in [-0.1, -0.05) is 27.7 Å². The highest BCUT2D eigenvalue weighted by Gasteiger charge is 2.32. The van der Waals surface area contributed by atoms with Crippen LogP contribution in [-0.2, 0) is 14.4 Å². The Bertz CT molecular complexity index is 423. The summed E-state index contributed by atoms with van der Waals surface area (Å²) in [5.41, 5.74) is 5.74. The minimum atomic E-state index is -1.26. The third-order valence-electron chi connectivity index (χ3n) is 3.36. The number of carbonyl (C=O) groups excluding carboxylic acids is 2. The first-order valence-corrected chi connectivity index (χ1v) is 7.74. The van der Waals surface area contributed by atoms with Gasteiger partial charge in [-0.15, -0.1) is 0 Å². The van der Waals surface area contributed by atoms with Crippen molar-refractivity contribution in [3.8, 4) is 0 Å². The van der Waals surface area contributed by atoms with Crippen molar-refractivity contribution < 1.29 is 24.6 Å². The minimum Gasteiger partial charge on any atom is -0.480 e. The summed E-state index contributed by atoms with van der Waals surface area (Å²) < 4.78 is 0. The van der Waals surface area contributed by atoms with Crippen LogP contribution >= 0.6 is 0 Å². The number of nitrogens with two attached hydrogens (primary N) is 1. The van der Waals surface area contributed by atoms with Crippen LogP contribution in [0.4, 0.5) is 0 Å². The zero-order valence-electron chi connectivity index (χ0n) is 14.4. The molecule has 0 fully saturated rings. The standard InChI is InChI=1S/C15H29N3O5/c1-7(2)6-10(16)13(20)18-12(9(5)19)14(21)17-11(8(3)4)15(22)23/h7-12,19H,6,16H2,1-5H3,(H,17,21)(H,18,20)(H,22,23)/t9-,10-,11-,12-/m1/s1. The van der Waals surface area contributed by atoms with E-state index in [1.807, 2.05) is 13.8 Å². The number of carboxylic acids is 1. The molecule has 8 nitrogen and oxygen atoms in total. The molecule has 0 unspecified atom stereocenters. The van der Waals surface area contributed by atoms with E-state index >= 15 is 0 Å². The van der Waals surface area contributed by atoms with E-state index in [0.29, 0.717) is 6.42 Å². The summed E-state index contributed by atoms with van der Waals surface area (Å²) in [4.78, 5) is 35.3. The largest absolute Gasteiger partial charge is 0.480 e. The fourth-order valence-electron chi connectivity index (χ4n) is 2.04. The van der Waals surface area contributed by atoms with E-state index in [2.05, 4.69) is 10.6 Å². The zero-order chi connectivity index (χ0) is 18.3. The quantitative estimate of drug-likeness (QED) is 0.384. The van der Waals surface area contributed by atoms with Crippen LogP contribution in [0.2, 0.25) is 0 Å². The average Bonchev–Trinajstić information content (AvgIpc) is 2.39. The van der Waals surface area contributed by atoms with E-state index in [9.17, 15) is 19.5 Å². The van der Waals surface area contributed by atoms with Gasteiger partial charge in [0.15, 0.2) is 0 Å². The van der Waals surface area contributed by atoms with Crippen molar-refractivity contribution in [2.45, 2.75) is 65.3 Å². The Hall–Kier alpha value is -1.67. The molecule has 0 aliphatic heterocycles. The van der Waals surface area contributed by atoms with Gasteiger partial charge in [-0.25, -0.2) is 4.79 Å². The van der Waals surface area contributed by atoms with Gasteiger partial charge in [0, 0.05) is 0 Å². The molecule has 8 heteroatoms. The van der Waals surface area contributed by atoms with Gasteiger partial charge in [0.25, 0.3) is 0 Å². The van der Waals surface area contributed by atoms with Gasteiger partial charge in [0.2, 0.25) is 11.8 Å². The van der Waals surface area contributed by atoms with E-state index < -0.39 is 42.0 Å². The average molecular weight is 331 g/mol. The molecule has 0 heterocycles. The minimum absolute atomic E-state index is 0.201. The first-order chi connectivity index (χ1) is 10.5. The number of aliphatic carboxylic acids is 1. The molecular formula is C15H29N3O5. The van der Waals surface area contributed by atoms with Gasteiger partial charge in [-0.05, 0) is 25.2 Å². The summed E-state index contributed by atoms with van der Waals surface area (Å²) in [6.45, 7) is 8.45. The van der Waals surface area contributed by atoms with Gasteiger partial charge in [-0.2, -0.15) is 0 Å². The number of carboxylic acid groups (broad SMARTS) is 1. The number of aliphatic hydroxyl groups is 1. The van der Waals surface area contributed by atoms with Crippen LogP contribution in [0.1, 0.15) is 41.0 Å². The fraction of sp³-hybridized carbons (Fsp3) is 0.800. The van der Waals surface area contributed by atoms with Gasteiger partial charge >= 0.3 is 5.97 Å². The monoisotopic (exact) mass is 331 g/mol. The maximum absolute atomic E-state index is 12.2. The highest BCUT2D eigenvalue weighted by Crippen LogP contribution is 2.06. The third-order valence-corrected chi connectivity index (χ3v) is 3.36. The molecule has 0 bridgehead atoms. The molecule has 0 aromatic rings. The van der Waals surface area contributed by atoms with E-state index in [1.54, 1.807) is 13.8 Å². The first kappa shape index (κ1) is 21.3. The van der Waals surface area contributed by atoms with Crippen molar-refractivity contribution in [1.82, 2.24) is 10.6 Å². The van der Waals surface area contributed by atoms with Crippen molar-refractivity contribution in [1.29, 1.82) is 0 Å². The van der Waals surface area contributed by atoms with Crippen molar-refractivity contribution in [3.63, 3.8) is 0 Å². The lowest BCUT2D eigenvalue weighted by Crippen LogP contribution is -2.58. The maximum Gasteiger partial charge on any atom is 0.326 e. The van der Waals surface area contributed by atoms with Crippen LogP contribution in [0, 0.1) is 11.8 Å². The molecule has 6 N–H and O–H groups in total. The highest BCUT2D eigenvalue weighted by molar-refractivity contribution is 5.92. The van der Waals surface area contributed by atoms with Crippen molar-refractivity contribution in [2.24, 2.45) is 17.6 Å². The van der Waals surface area contributed by atoms with Crippen LogP contribution in [0.5, 0.6) is 0 Å². The normalized spacial score (nSPS) is 16.6. The molecule has 0 saturated heterocycles. The molecule has 0 saturated carbocycles. The number of hydrogen-bond donors (Lipinski definition) is 5. The Morgan fingerprint density at radius 2 is 1.43 bits per heavy atom. The number of nitrogens with one attached hydrogen (secondary N) is 2. The second-order valence-corrected chi connectivity index (χ2v) is 6.53. The number of hydrogen-bond acceptors (Lipinski definition) is 5. The number of amides is 2. The predicted molar refractivity (Wildman–Crippen MR) is 85.4 cm³/mol. The number of aliphatic hydroxyl groups excluding tert-OH is 1. The lowest BCUT2D eigenvalue weighted by atomic mass is 10.0. The maximum atomic E-state index is 12.2. The van der Waals surface area contributed by atoms with Gasteiger partial charge in [0.05, 0.1) is 12.1 Å². The van der Waals surface area contributed by atoms with Crippen LogP contribution in [-0.4, -0.2) is 52.2 Å². The fourth-order valence-corrected chi connectivity index (χ4v) is 2.04. The molecule has 2 amide bonds. The van der Waals surface area contributed by atoms with Crippen LogP contribution in [0.25, 0.3) is 0 Å². The van der Waals surface area contributed by atoms with Crippen LogP contribution < -0.4 is 16.4 Å². The molecule has 0 radical (unpaired) electrons. The lowest BCUT2D eigenvalue weighted by Gasteiger charge is -2.26. The lowest BCUT2D eigenvalue weighted by molar-refractivity contribution is -0.144. The van der Waals surface area contributed by atoms with Crippen molar-refractivity contribution in [3.05, 3.63) is 0 Å². The Morgan fingerprint density at radius 1 is 0.957 bits per heavy atom. The molecular weight excluding hydrogens is 302 g/mol. The molecule has 134 valence electrons. The second kappa shape index (κ2) is 9.46. The molecule has 0 spiro atoms. The van der Waals surface area contributed by atoms with Gasteiger partial charge in [0.1, 0.15) is 12.1 Å². The van der Waals surface area contributed by atoms with E-state index in [4.69, 9.17) is 10.8 Å². The summed E-state index contributed by atoms with van der Waals surface area (Å²) in [6.07, 6.45) is -0.754. The van der Waals surface area contributed by atoms with Crippen LogP contribution in [0.3, 0.4) is 0 Å². The Balaban J connectivity index is 4.94. The summed E-state index contributed by atoms with van der Waals surface area (Å²) in [6, 6.07) is -3.17. The highest BCUT2D eigenvalue weighted by atomic mass is 16.4. The number of carbonyl (C=O) groups is 3. The van der Waals surface area contributed by atoms with Crippen LogP contribution in [0.15, 0.2) is 0 Å². The smallest absolute Gasteiger partial charge is 0.326 e.